The van der Waals surface area contributed by atoms with E-state index in [0.717, 1.165) is 57.3 Å². The first-order chi connectivity index (χ1) is 16.3. The molecule has 2 aromatic carbocycles. The summed E-state index contributed by atoms with van der Waals surface area (Å²) in [6.07, 6.45) is 6.09. The number of ether oxygens (including phenoxy) is 3. The lowest BCUT2D eigenvalue weighted by Gasteiger charge is -2.30. The van der Waals surface area contributed by atoms with Crippen LogP contribution < -0.4 is 9.46 Å². The molecule has 2 aliphatic carbocycles. The van der Waals surface area contributed by atoms with Crippen LogP contribution in [0, 0.1) is 11.3 Å². The van der Waals surface area contributed by atoms with Crippen molar-refractivity contribution in [2.45, 2.75) is 49.5 Å². The summed E-state index contributed by atoms with van der Waals surface area (Å²) < 4.78 is 22.5. The molecule has 1 unspecified atom stereocenters. The zero-order valence-corrected chi connectivity index (χ0v) is 19.3. The summed E-state index contributed by atoms with van der Waals surface area (Å²) in [6.45, 7) is 1.32. The molecule has 33 heavy (non-hydrogen) atoms. The van der Waals surface area contributed by atoms with Gasteiger partial charge in [0.15, 0.2) is 0 Å². The third-order valence-corrected chi connectivity index (χ3v) is 7.84. The van der Waals surface area contributed by atoms with Crippen molar-refractivity contribution in [2.24, 2.45) is 0 Å². The van der Waals surface area contributed by atoms with Gasteiger partial charge in [-0.1, -0.05) is 12.1 Å². The molecule has 0 amide bonds. The molecular formula is C26H27N3O3S. The van der Waals surface area contributed by atoms with E-state index >= 15 is 0 Å². The van der Waals surface area contributed by atoms with Gasteiger partial charge in [-0.15, -0.1) is 0 Å². The fraction of sp³-hybridized carbons (Fsp3) is 0.423. The van der Waals surface area contributed by atoms with Crippen LogP contribution in [-0.2, 0) is 9.47 Å². The Bertz CT molecular complexity index is 1190. The van der Waals surface area contributed by atoms with E-state index in [1.165, 1.54) is 19.3 Å². The first-order valence-electron chi connectivity index (χ1n) is 11.7. The maximum Gasteiger partial charge on any atom is 0.147 e. The normalized spacial score (nSPS) is 20.5. The Kier molecular flexibility index (Phi) is 5.67. The van der Waals surface area contributed by atoms with E-state index < -0.39 is 0 Å². The summed E-state index contributed by atoms with van der Waals surface area (Å²) in [5.41, 5.74) is 5.02. The summed E-state index contributed by atoms with van der Waals surface area (Å²) in [6, 6.07) is 17.5. The quantitative estimate of drug-likeness (QED) is 0.423. The number of nitrogens with one attached hydrogen (secondary N) is 1. The Hall–Kier alpha value is -2.66. The minimum atomic E-state index is -0.0449. The minimum Gasteiger partial charge on any atom is -0.491 e. The minimum absolute atomic E-state index is 0.0449. The molecule has 1 aliphatic heterocycles. The summed E-state index contributed by atoms with van der Waals surface area (Å²) in [5, 5.41) is 11.9. The fourth-order valence-electron chi connectivity index (χ4n) is 4.50. The molecule has 1 aromatic heterocycles. The lowest BCUT2D eigenvalue weighted by molar-refractivity contribution is 0.0321. The molecule has 170 valence electrons. The van der Waals surface area contributed by atoms with Crippen molar-refractivity contribution in [3.8, 4) is 23.1 Å². The highest BCUT2D eigenvalue weighted by Crippen LogP contribution is 2.43. The van der Waals surface area contributed by atoms with Crippen LogP contribution in [-0.4, -0.2) is 35.9 Å². The highest BCUT2D eigenvalue weighted by atomic mass is 32.2. The molecule has 0 bridgehead atoms. The van der Waals surface area contributed by atoms with Crippen LogP contribution in [0.1, 0.15) is 43.7 Å². The predicted molar refractivity (Wildman–Crippen MR) is 130 cm³/mol. The molecule has 0 spiro atoms. The molecule has 1 atom stereocenters. The van der Waals surface area contributed by atoms with E-state index in [2.05, 4.69) is 45.7 Å². The van der Waals surface area contributed by atoms with Crippen molar-refractivity contribution in [1.82, 2.24) is 4.57 Å². The van der Waals surface area contributed by atoms with Gasteiger partial charge >= 0.3 is 0 Å². The SMILES string of the molecule is N#Cc1c(-c2ccc(NSC3CC3)cc2)n(C2CCC2)c2ccc(OCC3COCO3)cc12. The third kappa shape index (κ3) is 4.19. The number of nitrogens with zero attached hydrogens (tertiary/aromatic N) is 2. The molecule has 3 fully saturated rings. The Balaban J connectivity index is 1.35. The second kappa shape index (κ2) is 8.94. The van der Waals surface area contributed by atoms with E-state index in [4.69, 9.17) is 14.2 Å². The van der Waals surface area contributed by atoms with Crippen molar-refractivity contribution in [3.63, 3.8) is 0 Å². The molecule has 6 rings (SSSR count). The first-order valence-corrected chi connectivity index (χ1v) is 12.6. The standard InChI is InChI=1S/C26H27N3O3S/c27-13-24-23-12-20(31-15-21-14-30-16-32-21)8-11-25(23)29(19-2-1-3-19)26(24)17-4-6-18(7-5-17)28-33-22-9-10-22/h4-8,11-12,19,21-22,28H,1-3,9-10,14-16H2. The maximum absolute atomic E-state index is 10.2. The van der Waals surface area contributed by atoms with Crippen molar-refractivity contribution in [1.29, 1.82) is 5.26 Å². The van der Waals surface area contributed by atoms with E-state index in [9.17, 15) is 5.26 Å². The number of fused-ring (bicyclic) bond motifs is 1. The van der Waals surface area contributed by atoms with Crippen molar-refractivity contribution in [3.05, 3.63) is 48.0 Å². The Labute approximate surface area is 197 Å². The molecule has 2 saturated carbocycles. The summed E-state index contributed by atoms with van der Waals surface area (Å²) in [7, 11) is 0. The molecular weight excluding hydrogens is 434 g/mol. The zero-order valence-electron chi connectivity index (χ0n) is 18.5. The average Bonchev–Trinajstić information content (AvgIpc) is 3.39. The van der Waals surface area contributed by atoms with Gasteiger partial charge in [0.1, 0.15) is 31.3 Å². The third-order valence-electron chi connectivity index (χ3n) is 6.68. The van der Waals surface area contributed by atoms with Crippen LogP contribution in [0.25, 0.3) is 22.2 Å². The van der Waals surface area contributed by atoms with Crippen LogP contribution in [0.2, 0.25) is 0 Å². The van der Waals surface area contributed by atoms with Crippen molar-refractivity contribution >= 4 is 28.5 Å². The van der Waals surface area contributed by atoms with Gasteiger partial charge in [0.05, 0.1) is 23.4 Å². The second-order valence-corrected chi connectivity index (χ2v) is 10.2. The molecule has 1 N–H and O–H groups in total. The van der Waals surface area contributed by atoms with Gasteiger partial charge in [-0.2, -0.15) is 5.26 Å². The zero-order chi connectivity index (χ0) is 22.2. The lowest BCUT2D eigenvalue weighted by Crippen LogP contribution is -2.19. The van der Waals surface area contributed by atoms with Gasteiger partial charge < -0.3 is 23.5 Å². The number of hydrogen-bond acceptors (Lipinski definition) is 6. The average molecular weight is 462 g/mol. The molecule has 0 radical (unpaired) electrons. The topological polar surface area (TPSA) is 68.4 Å². The van der Waals surface area contributed by atoms with Crippen molar-refractivity contribution in [2.75, 3.05) is 24.7 Å². The second-order valence-electron chi connectivity index (χ2n) is 9.05. The molecule has 2 heterocycles. The number of hydrogen-bond donors (Lipinski definition) is 1. The van der Waals surface area contributed by atoms with Crippen LogP contribution in [0.3, 0.4) is 0 Å². The van der Waals surface area contributed by atoms with Crippen LogP contribution in [0.15, 0.2) is 42.5 Å². The number of rotatable bonds is 8. The monoisotopic (exact) mass is 461 g/mol. The highest BCUT2D eigenvalue weighted by molar-refractivity contribution is 8.01. The summed E-state index contributed by atoms with van der Waals surface area (Å²) in [5.74, 6) is 0.753. The number of benzene rings is 2. The Morgan fingerprint density at radius 2 is 1.97 bits per heavy atom. The molecule has 3 aromatic rings. The molecule has 7 heteroatoms. The smallest absolute Gasteiger partial charge is 0.147 e. The Morgan fingerprint density at radius 3 is 2.64 bits per heavy atom. The van der Waals surface area contributed by atoms with Crippen LogP contribution in [0.5, 0.6) is 5.75 Å². The van der Waals surface area contributed by atoms with Crippen LogP contribution in [0.4, 0.5) is 5.69 Å². The highest BCUT2D eigenvalue weighted by Gasteiger charge is 2.28. The van der Waals surface area contributed by atoms with Gasteiger partial charge in [0, 0.05) is 22.4 Å². The maximum atomic E-state index is 10.2. The van der Waals surface area contributed by atoms with Gasteiger partial charge in [-0.25, -0.2) is 0 Å². The summed E-state index contributed by atoms with van der Waals surface area (Å²) in [4.78, 5) is 0. The molecule has 1 saturated heterocycles. The van der Waals surface area contributed by atoms with E-state index in [1.54, 1.807) is 11.9 Å². The first kappa shape index (κ1) is 20.9. The number of aromatic nitrogens is 1. The molecule has 6 nitrogen and oxygen atoms in total. The van der Waals surface area contributed by atoms with Gasteiger partial charge in [0.25, 0.3) is 0 Å². The van der Waals surface area contributed by atoms with E-state index in [0.29, 0.717) is 26.0 Å². The number of anilines is 1. The van der Waals surface area contributed by atoms with E-state index in [1.807, 2.05) is 12.1 Å². The van der Waals surface area contributed by atoms with E-state index in [-0.39, 0.29) is 6.10 Å². The lowest BCUT2D eigenvalue weighted by atomic mass is 9.92. The van der Waals surface area contributed by atoms with Gasteiger partial charge in [-0.3, -0.25) is 0 Å². The predicted octanol–water partition coefficient (Wildman–Crippen LogP) is 5.88. The van der Waals surface area contributed by atoms with Gasteiger partial charge in [-0.05, 0) is 79.9 Å². The largest absolute Gasteiger partial charge is 0.491 e. The molecule has 3 aliphatic rings. The van der Waals surface area contributed by atoms with Crippen molar-refractivity contribution < 1.29 is 14.2 Å². The fourth-order valence-corrected chi connectivity index (χ4v) is 5.31. The Morgan fingerprint density at radius 1 is 1.12 bits per heavy atom. The number of nitriles is 1. The van der Waals surface area contributed by atoms with Crippen LogP contribution >= 0.6 is 11.9 Å². The summed E-state index contributed by atoms with van der Waals surface area (Å²) >= 11 is 1.81. The van der Waals surface area contributed by atoms with Gasteiger partial charge in [0.2, 0.25) is 0 Å².